The summed E-state index contributed by atoms with van der Waals surface area (Å²) in [5, 5.41) is 2.87. The normalized spacial score (nSPS) is 12.2. The van der Waals surface area contributed by atoms with E-state index in [9.17, 15) is 4.79 Å². The molecule has 1 N–H and O–H groups in total. The van der Waals surface area contributed by atoms with Crippen molar-refractivity contribution in [1.82, 2.24) is 0 Å². The average Bonchev–Trinajstić information content (AvgIpc) is 2.18. The van der Waals surface area contributed by atoms with E-state index in [0.717, 1.165) is 18.5 Å². The van der Waals surface area contributed by atoms with Gasteiger partial charge in [-0.1, -0.05) is 38.5 Å². The third-order valence-electron chi connectivity index (χ3n) is 2.52. The van der Waals surface area contributed by atoms with Gasteiger partial charge in [-0.25, -0.2) is 0 Å². The van der Waals surface area contributed by atoms with Crippen molar-refractivity contribution in [3.63, 3.8) is 0 Å². The molecule has 1 aromatic carbocycles. The summed E-state index contributed by atoms with van der Waals surface area (Å²) in [7, 11) is 0. The molecule has 0 saturated carbocycles. The predicted molar refractivity (Wildman–Crippen MR) is 64.1 cm³/mol. The largest absolute Gasteiger partial charge is 0.326 e. The minimum absolute atomic E-state index is 0.00820. The molecule has 0 bridgehead atoms. The van der Waals surface area contributed by atoms with Gasteiger partial charge in [-0.15, -0.1) is 0 Å². The van der Waals surface area contributed by atoms with Gasteiger partial charge in [-0.2, -0.15) is 0 Å². The van der Waals surface area contributed by atoms with Crippen LogP contribution in [-0.4, -0.2) is 5.91 Å². The van der Waals surface area contributed by atoms with E-state index >= 15 is 0 Å². The third kappa shape index (κ3) is 3.39. The number of benzene rings is 1. The number of hydrogen-bond acceptors (Lipinski definition) is 1. The Kier molecular flexibility index (Phi) is 4.35. The third-order valence-corrected chi connectivity index (χ3v) is 2.52. The van der Waals surface area contributed by atoms with Crippen LogP contribution in [0.4, 0.5) is 5.69 Å². The standard InChI is InChI=1S/C13H19NO/c1-4-7-10(2)12-8-5-6-9-13(12)14-11(3)15/h5-6,8-10H,4,7H2,1-3H3,(H,14,15). The van der Waals surface area contributed by atoms with E-state index in [0.29, 0.717) is 5.92 Å². The van der Waals surface area contributed by atoms with Crippen molar-refractivity contribution >= 4 is 11.6 Å². The van der Waals surface area contributed by atoms with Gasteiger partial charge in [0.2, 0.25) is 5.91 Å². The molecule has 0 aliphatic heterocycles. The fourth-order valence-corrected chi connectivity index (χ4v) is 1.82. The Bertz CT molecular complexity index is 333. The fourth-order valence-electron chi connectivity index (χ4n) is 1.82. The van der Waals surface area contributed by atoms with Crippen LogP contribution < -0.4 is 5.32 Å². The Morgan fingerprint density at radius 3 is 2.67 bits per heavy atom. The van der Waals surface area contributed by atoms with Crippen LogP contribution >= 0.6 is 0 Å². The van der Waals surface area contributed by atoms with Crippen molar-refractivity contribution in [1.29, 1.82) is 0 Å². The quantitative estimate of drug-likeness (QED) is 0.800. The van der Waals surface area contributed by atoms with Gasteiger partial charge in [0.1, 0.15) is 0 Å². The maximum absolute atomic E-state index is 11.0. The van der Waals surface area contributed by atoms with Gasteiger partial charge in [-0.3, -0.25) is 4.79 Å². The first-order valence-electron chi connectivity index (χ1n) is 5.51. The number of para-hydroxylation sites is 1. The number of hydrogen-bond donors (Lipinski definition) is 1. The van der Waals surface area contributed by atoms with E-state index in [1.165, 1.54) is 5.56 Å². The Morgan fingerprint density at radius 2 is 2.07 bits per heavy atom. The van der Waals surface area contributed by atoms with E-state index in [1.807, 2.05) is 18.2 Å². The molecule has 0 aliphatic rings. The number of carbonyl (C=O) groups excluding carboxylic acids is 1. The molecule has 2 nitrogen and oxygen atoms in total. The highest BCUT2D eigenvalue weighted by Gasteiger charge is 2.09. The average molecular weight is 205 g/mol. The summed E-state index contributed by atoms with van der Waals surface area (Å²) in [4.78, 5) is 11.0. The van der Waals surface area contributed by atoms with Gasteiger partial charge in [0.05, 0.1) is 0 Å². The first-order valence-corrected chi connectivity index (χ1v) is 5.51. The van der Waals surface area contributed by atoms with Crippen molar-refractivity contribution in [2.75, 3.05) is 5.32 Å². The SMILES string of the molecule is CCCC(C)c1ccccc1NC(C)=O. The van der Waals surface area contributed by atoms with Crippen molar-refractivity contribution in [2.45, 2.75) is 39.5 Å². The van der Waals surface area contributed by atoms with Gasteiger partial charge < -0.3 is 5.32 Å². The molecule has 1 atom stereocenters. The first kappa shape index (κ1) is 11.8. The molecular formula is C13H19NO. The van der Waals surface area contributed by atoms with Crippen LogP contribution in [0.1, 0.15) is 45.1 Å². The molecule has 0 saturated heterocycles. The number of nitrogens with one attached hydrogen (secondary N) is 1. The van der Waals surface area contributed by atoms with E-state index in [1.54, 1.807) is 6.92 Å². The molecule has 0 radical (unpaired) electrons. The summed E-state index contributed by atoms with van der Waals surface area (Å²) < 4.78 is 0. The molecule has 82 valence electrons. The molecule has 2 heteroatoms. The van der Waals surface area contributed by atoms with E-state index < -0.39 is 0 Å². The summed E-state index contributed by atoms with van der Waals surface area (Å²) in [5.74, 6) is 0.490. The summed E-state index contributed by atoms with van der Waals surface area (Å²) in [5.41, 5.74) is 2.18. The van der Waals surface area contributed by atoms with Gasteiger partial charge in [-0.05, 0) is 24.0 Å². The van der Waals surface area contributed by atoms with Crippen LogP contribution in [0.3, 0.4) is 0 Å². The van der Waals surface area contributed by atoms with Crippen LogP contribution in [0, 0.1) is 0 Å². The molecule has 0 heterocycles. The topological polar surface area (TPSA) is 29.1 Å². The van der Waals surface area contributed by atoms with Crippen molar-refractivity contribution in [3.8, 4) is 0 Å². The van der Waals surface area contributed by atoms with E-state index in [2.05, 4.69) is 25.2 Å². The van der Waals surface area contributed by atoms with Crippen LogP contribution in [-0.2, 0) is 4.79 Å². The number of carbonyl (C=O) groups is 1. The number of anilines is 1. The second-order valence-electron chi connectivity index (χ2n) is 3.96. The van der Waals surface area contributed by atoms with Crippen LogP contribution in [0.25, 0.3) is 0 Å². The molecule has 0 aromatic heterocycles. The zero-order valence-electron chi connectivity index (χ0n) is 9.71. The van der Waals surface area contributed by atoms with Crippen LogP contribution in [0.15, 0.2) is 24.3 Å². The lowest BCUT2D eigenvalue weighted by atomic mass is 9.95. The Labute approximate surface area is 91.7 Å². The lowest BCUT2D eigenvalue weighted by Crippen LogP contribution is -2.09. The minimum Gasteiger partial charge on any atom is -0.326 e. The first-order chi connectivity index (χ1) is 7.15. The van der Waals surface area contributed by atoms with Gasteiger partial charge in [0.25, 0.3) is 0 Å². The molecule has 1 rings (SSSR count). The smallest absolute Gasteiger partial charge is 0.221 e. The monoisotopic (exact) mass is 205 g/mol. The molecule has 1 aromatic rings. The Morgan fingerprint density at radius 1 is 1.40 bits per heavy atom. The van der Waals surface area contributed by atoms with Crippen molar-refractivity contribution < 1.29 is 4.79 Å². The van der Waals surface area contributed by atoms with Crippen molar-refractivity contribution in [2.24, 2.45) is 0 Å². The van der Waals surface area contributed by atoms with Gasteiger partial charge in [0, 0.05) is 12.6 Å². The zero-order chi connectivity index (χ0) is 11.3. The molecule has 15 heavy (non-hydrogen) atoms. The lowest BCUT2D eigenvalue weighted by molar-refractivity contribution is -0.114. The predicted octanol–water partition coefficient (Wildman–Crippen LogP) is 3.55. The second kappa shape index (κ2) is 5.54. The summed E-state index contributed by atoms with van der Waals surface area (Å²) in [6.45, 7) is 5.92. The highest BCUT2D eigenvalue weighted by Crippen LogP contribution is 2.27. The highest BCUT2D eigenvalue weighted by molar-refractivity contribution is 5.89. The molecule has 0 fully saturated rings. The maximum Gasteiger partial charge on any atom is 0.221 e. The molecule has 0 spiro atoms. The number of rotatable bonds is 4. The maximum atomic E-state index is 11.0. The lowest BCUT2D eigenvalue weighted by Gasteiger charge is -2.15. The van der Waals surface area contributed by atoms with Gasteiger partial charge in [0.15, 0.2) is 0 Å². The molecular weight excluding hydrogens is 186 g/mol. The summed E-state index contributed by atoms with van der Waals surface area (Å²) in [6, 6.07) is 8.02. The highest BCUT2D eigenvalue weighted by atomic mass is 16.1. The summed E-state index contributed by atoms with van der Waals surface area (Å²) >= 11 is 0. The van der Waals surface area contributed by atoms with Crippen LogP contribution in [0.2, 0.25) is 0 Å². The van der Waals surface area contributed by atoms with E-state index in [-0.39, 0.29) is 5.91 Å². The molecule has 0 aliphatic carbocycles. The summed E-state index contributed by atoms with van der Waals surface area (Å²) in [6.07, 6.45) is 2.31. The Balaban J connectivity index is 2.89. The zero-order valence-corrected chi connectivity index (χ0v) is 9.71. The van der Waals surface area contributed by atoms with E-state index in [4.69, 9.17) is 0 Å². The van der Waals surface area contributed by atoms with Gasteiger partial charge >= 0.3 is 0 Å². The van der Waals surface area contributed by atoms with Crippen LogP contribution in [0.5, 0.6) is 0 Å². The molecule has 1 amide bonds. The Hall–Kier alpha value is -1.31. The second-order valence-corrected chi connectivity index (χ2v) is 3.96. The minimum atomic E-state index is -0.00820. The number of amides is 1. The fraction of sp³-hybridized carbons (Fsp3) is 0.462. The molecule has 1 unspecified atom stereocenters. The van der Waals surface area contributed by atoms with Crippen molar-refractivity contribution in [3.05, 3.63) is 29.8 Å².